The SMILES string of the molecule is C1=c2sc3cc(-c4cccc5sc6cc(-n7c8ccccc8c8ccccc87)ccc6c45)ccc3c2=C(C2NC(c3ccccc3)=NC(c3ccccc3)N2)CC1. The van der Waals surface area contributed by atoms with Gasteiger partial charge in [0.2, 0.25) is 0 Å². The number of aliphatic imine (C=N–C) groups is 1. The zero-order valence-electron chi connectivity index (χ0n) is 30.9. The predicted molar refractivity (Wildman–Crippen MR) is 243 cm³/mol. The maximum absolute atomic E-state index is 5.18. The fourth-order valence-corrected chi connectivity index (χ4v) is 11.6. The predicted octanol–water partition coefficient (Wildman–Crippen LogP) is 11.4. The lowest BCUT2D eigenvalue weighted by atomic mass is 9.95. The van der Waals surface area contributed by atoms with E-state index in [1.807, 2.05) is 22.7 Å². The number of hydrogen-bond acceptors (Lipinski definition) is 5. The Morgan fingerprint density at radius 2 is 1.30 bits per heavy atom. The number of fused-ring (bicyclic) bond motifs is 9. The van der Waals surface area contributed by atoms with Gasteiger partial charge in [-0.2, -0.15) is 0 Å². The largest absolute Gasteiger partial charge is 0.351 e. The molecule has 57 heavy (non-hydrogen) atoms. The summed E-state index contributed by atoms with van der Waals surface area (Å²) in [5.41, 5.74) is 9.89. The van der Waals surface area contributed by atoms with Crippen molar-refractivity contribution in [2.24, 2.45) is 4.99 Å². The van der Waals surface area contributed by atoms with Gasteiger partial charge in [0.05, 0.1) is 11.0 Å². The Bertz CT molecular complexity index is 3320. The molecule has 12 rings (SSSR count). The summed E-state index contributed by atoms with van der Waals surface area (Å²) in [6, 6.07) is 59.6. The molecular weight excluding hydrogens is 733 g/mol. The third kappa shape index (κ3) is 5.32. The normalized spacial score (nSPS) is 16.9. The zero-order chi connectivity index (χ0) is 37.5. The van der Waals surface area contributed by atoms with Crippen molar-refractivity contribution < 1.29 is 0 Å². The summed E-state index contributed by atoms with van der Waals surface area (Å²) in [7, 11) is 0. The minimum absolute atomic E-state index is 0.0498. The first-order valence-corrected chi connectivity index (χ1v) is 21.3. The monoisotopic (exact) mass is 768 g/mol. The van der Waals surface area contributed by atoms with Crippen LogP contribution in [0.5, 0.6) is 0 Å². The summed E-state index contributed by atoms with van der Waals surface area (Å²) in [5.74, 6) is 0.928. The van der Waals surface area contributed by atoms with Crippen molar-refractivity contribution in [2.45, 2.75) is 25.2 Å². The molecule has 1 aliphatic heterocycles. The van der Waals surface area contributed by atoms with Crippen molar-refractivity contribution in [3.05, 3.63) is 185 Å². The molecule has 2 unspecified atom stereocenters. The highest BCUT2D eigenvalue weighted by Gasteiger charge is 2.28. The van der Waals surface area contributed by atoms with Crippen molar-refractivity contribution in [1.29, 1.82) is 0 Å². The van der Waals surface area contributed by atoms with E-state index in [1.54, 1.807) is 0 Å². The molecule has 2 aliphatic rings. The minimum atomic E-state index is -0.148. The number of rotatable bonds is 5. The second kappa shape index (κ2) is 13.1. The van der Waals surface area contributed by atoms with Gasteiger partial charge in [-0.1, -0.05) is 133 Å². The number of para-hydroxylation sites is 2. The molecule has 2 atom stereocenters. The van der Waals surface area contributed by atoms with Crippen molar-refractivity contribution in [1.82, 2.24) is 15.2 Å². The number of amidine groups is 1. The maximum Gasteiger partial charge on any atom is 0.131 e. The lowest BCUT2D eigenvalue weighted by molar-refractivity contribution is 0.453. The van der Waals surface area contributed by atoms with Gasteiger partial charge < -0.3 is 9.88 Å². The highest BCUT2D eigenvalue weighted by Crippen LogP contribution is 2.42. The average Bonchev–Trinajstić information content (AvgIpc) is 3.96. The highest BCUT2D eigenvalue weighted by atomic mass is 32.1. The Morgan fingerprint density at radius 1 is 0.579 bits per heavy atom. The minimum Gasteiger partial charge on any atom is -0.351 e. The molecule has 0 saturated heterocycles. The zero-order valence-corrected chi connectivity index (χ0v) is 32.6. The van der Waals surface area contributed by atoms with Crippen LogP contribution in [0.15, 0.2) is 169 Å². The smallest absolute Gasteiger partial charge is 0.131 e. The van der Waals surface area contributed by atoms with Gasteiger partial charge in [-0.15, -0.1) is 22.7 Å². The summed E-state index contributed by atoms with van der Waals surface area (Å²) in [5, 5.41) is 15.6. The second-order valence-electron chi connectivity index (χ2n) is 15.1. The van der Waals surface area contributed by atoms with Gasteiger partial charge in [0.1, 0.15) is 18.2 Å². The van der Waals surface area contributed by atoms with Crippen LogP contribution in [0.25, 0.3) is 80.5 Å². The van der Waals surface area contributed by atoms with Crippen LogP contribution in [0.4, 0.5) is 0 Å². The van der Waals surface area contributed by atoms with Gasteiger partial charge in [0.15, 0.2) is 0 Å². The molecular formula is C51H36N4S2. The Kier molecular flexibility index (Phi) is 7.58. The van der Waals surface area contributed by atoms with Crippen LogP contribution in [0.3, 0.4) is 0 Å². The Morgan fingerprint density at radius 3 is 2.11 bits per heavy atom. The molecule has 0 spiro atoms. The molecule has 4 nitrogen and oxygen atoms in total. The summed E-state index contributed by atoms with van der Waals surface area (Å²) < 4.78 is 7.72. The van der Waals surface area contributed by atoms with E-state index in [0.717, 1.165) is 24.2 Å². The van der Waals surface area contributed by atoms with E-state index in [2.05, 4.69) is 185 Å². The van der Waals surface area contributed by atoms with Crippen molar-refractivity contribution in [3.63, 3.8) is 0 Å². The lowest BCUT2D eigenvalue weighted by Crippen LogP contribution is -2.53. The third-order valence-corrected chi connectivity index (χ3v) is 14.1. The molecule has 10 aromatic rings. The van der Waals surface area contributed by atoms with Crippen LogP contribution < -0.4 is 20.4 Å². The average molecular weight is 769 g/mol. The number of benzene rings is 7. The van der Waals surface area contributed by atoms with E-state index < -0.39 is 0 Å². The van der Waals surface area contributed by atoms with Gasteiger partial charge in [-0.3, -0.25) is 5.32 Å². The molecule has 3 aromatic heterocycles. The molecule has 6 heteroatoms. The Labute approximate surface area is 337 Å². The summed E-state index contributed by atoms with van der Waals surface area (Å²) in [6.45, 7) is 0. The van der Waals surface area contributed by atoms with E-state index in [4.69, 9.17) is 4.99 Å². The van der Waals surface area contributed by atoms with E-state index >= 15 is 0 Å². The van der Waals surface area contributed by atoms with Crippen molar-refractivity contribution in [2.75, 3.05) is 0 Å². The van der Waals surface area contributed by atoms with Gasteiger partial charge in [-0.25, -0.2) is 4.99 Å². The van der Waals surface area contributed by atoms with E-state index in [1.165, 1.54) is 89.8 Å². The standard InChI is InChI=1S/C51H36N4S2/c1-3-13-31(14-4-1)49-52-50(32-15-5-2-6-16-32)54-51(53-49)40-20-12-24-44-48(40)38-27-25-33(29-45(38)56-44)35-19-11-23-43-47(35)39-28-26-34(30-46(39)57-43)55-41-21-9-7-17-36(41)37-18-8-10-22-42(37)55/h1-11,13-19,21-30,49,51,53H,12,20H2,(H,52,54). The van der Waals surface area contributed by atoms with Gasteiger partial charge in [-0.05, 0) is 71.5 Å². The van der Waals surface area contributed by atoms with E-state index in [-0.39, 0.29) is 12.3 Å². The maximum atomic E-state index is 5.18. The fraction of sp³-hybridized carbons (Fsp3) is 0.0784. The second-order valence-corrected chi connectivity index (χ2v) is 17.2. The number of hydrogen-bond donors (Lipinski definition) is 2. The number of nitrogens with one attached hydrogen (secondary N) is 2. The van der Waals surface area contributed by atoms with Crippen molar-refractivity contribution in [3.8, 4) is 16.8 Å². The molecule has 0 fully saturated rings. The third-order valence-electron chi connectivity index (χ3n) is 11.8. The van der Waals surface area contributed by atoms with Crippen LogP contribution in [-0.2, 0) is 0 Å². The number of aromatic nitrogens is 1. The fourth-order valence-electron chi connectivity index (χ4n) is 9.21. The van der Waals surface area contributed by atoms with Crippen LogP contribution >= 0.6 is 22.7 Å². The summed E-state index contributed by atoms with van der Waals surface area (Å²) in [4.78, 5) is 5.18. The van der Waals surface area contributed by atoms with Crippen molar-refractivity contribution >= 4 is 92.2 Å². The van der Waals surface area contributed by atoms with Gasteiger partial charge in [0.25, 0.3) is 0 Å². The highest BCUT2D eigenvalue weighted by molar-refractivity contribution is 7.26. The van der Waals surface area contributed by atoms with Gasteiger partial charge in [0, 0.05) is 62.0 Å². The molecule has 0 bridgehead atoms. The van der Waals surface area contributed by atoms with Crippen LogP contribution in [0.2, 0.25) is 0 Å². The lowest BCUT2D eigenvalue weighted by Gasteiger charge is -2.34. The molecule has 1 aliphatic carbocycles. The first-order chi connectivity index (χ1) is 28.2. The van der Waals surface area contributed by atoms with Crippen LogP contribution in [0.1, 0.15) is 30.1 Å². The van der Waals surface area contributed by atoms with E-state index in [0.29, 0.717) is 0 Å². The molecule has 4 heterocycles. The first-order valence-electron chi connectivity index (χ1n) is 19.7. The molecule has 0 amide bonds. The molecule has 2 N–H and O–H groups in total. The summed E-state index contributed by atoms with van der Waals surface area (Å²) >= 11 is 3.81. The first kappa shape index (κ1) is 32.9. The molecule has 272 valence electrons. The van der Waals surface area contributed by atoms with Crippen LogP contribution in [-0.4, -0.2) is 16.6 Å². The van der Waals surface area contributed by atoms with Gasteiger partial charge >= 0.3 is 0 Å². The number of nitrogens with zero attached hydrogens (tertiary/aromatic N) is 2. The van der Waals surface area contributed by atoms with E-state index in [9.17, 15) is 0 Å². The molecule has 7 aromatic carbocycles. The van der Waals surface area contributed by atoms with Crippen LogP contribution in [0, 0.1) is 0 Å². The summed E-state index contributed by atoms with van der Waals surface area (Å²) in [6.07, 6.45) is 4.25. The quantitative estimate of drug-likeness (QED) is 0.183. The Hall–Kier alpha value is -6.31. The molecule has 0 radical (unpaired) electrons. The topological polar surface area (TPSA) is 41.4 Å². The Balaban J connectivity index is 0.967. The number of thiophene rings is 2. The molecule has 0 saturated carbocycles.